The Labute approximate surface area is 85.1 Å². The summed E-state index contributed by atoms with van der Waals surface area (Å²) in [7, 11) is 0. The predicted octanol–water partition coefficient (Wildman–Crippen LogP) is 1.96. The maximum Gasteiger partial charge on any atom is 0.339 e. The van der Waals surface area contributed by atoms with Gasteiger partial charge >= 0.3 is 11.9 Å². The minimum Gasteiger partial charge on any atom is -0.478 e. The van der Waals surface area contributed by atoms with Crippen LogP contribution in [-0.4, -0.2) is 17.0 Å². The van der Waals surface area contributed by atoms with Crippen molar-refractivity contribution in [2.45, 2.75) is 6.92 Å². The van der Waals surface area contributed by atoms with Crippen LogP contribution in [0.2, 0.25) is 5.02 Å². The zero-order chi connectivity index (χ0) is 10.7. The lowest BCUT2D eigenvalue weighted by atomic mass is 10.2. The van der Waals surface area contributed by atoms with Gasteiger partial charge in [0.25, 0.3) is 0 Å². The molecule has 0 spiro atoms. The van der Waals surface area contributed by atoms with Crippen molar-refractivity contribution in [3.05, 3.63) is 28.8 Å². The number of aromatic carboxylic acids is 1. The highest BCUT2D eigenvalue weighted by Crippen LogP contribution is 2.28. The van der Waals surface area contributed by atoms with Gasteiger partial charge in [-0.1, -0.05) is 17.7 Å². The third-order valence-corrected chi connectivity index (χ3v) is 1.74. The Balaban J connectivity index is 3.22. The number of carbonyl (C=O) groups excluding carboxylic acids is 1. The third kappa shape index (κ3) is 2.23. The zero-order valence-corrected chi connectivity index (χ0v) is 8.04. The molecule has 0 aliphatic heterocycles. The Hall–Kier alpha value is -1.55. The smallest absolute Gasteiger partial charge is 0.339 e. The van der Waals surface area contributed by atoms with E-state index < -0.39 is 11.9 Å². The first-order chi connectivity index (χ1) is 6.52. The van der Waals surface area contributed by atoms with Crippen LogP contribution in [0.25, 0.3) is 0 Å². The number of halogens is 1. The minimum atomic E-state index is -1.19. The van der Waals surface area contributed by atoms with Gasteiger partial charge in [0.05, 0.1) is 5.02 Å². The van der Waals surface area contributed by atoms with Crippen molar-refractivity contribution >= 4 is 23.5 Å². The van der Waals surface area contributed by atoms with E-state index in [2.05, 4.69) is 4.74 Å². The highest BCUT2D eigenvalue weighted by molar-refractivity contribution is 6.32. The van der Waals surface area contributed by atoms with E-state index in [0.717, 1.165) is 0 Å². The molecule has 4 nitrogen and oxygen atoms in total. The van der Waals surface area contributed by atoms with Gasteiger partial charge in [-0.25, -0.2) is 4.79 Å². The fraction of sp³-hybridized carbons (Fsp3) is 0.111. The summed E-state index contributed by atoms with van der Waals surface area (Å²) < 4.78 is 4.69. The number of ether oxygens (including phenoxy) is 1. The summed E-state index contributed by atoms with van der Waals surface area (Å²) >= 11 is 5.68. The molecule has 0 aromatic heterocycles. The molecule has 0 aliphatic rings. The van der Waals surface area contributed by atoms with Crippen LogP contribution in [0.5, 0.6) is 5.75 Å². The van der Waals surface area contributed by atoms with E-state index in [0.29, 0.717) is 0 Å². The molecule has 1 aromatic rings. The lowest BCUT2D eigenvalue weighted by Gasteiger charge is -2.06. The van der Waals surface area contributed by atoms with Gasteiger partial charge in [0.1, 0.15) is 5.56 Å². The summed E-state index contributed by atoms with van der Waals surface area (Å²) in [5, 5.41) is 8.85. The van der Waals surface area contributed by atoms with E-state index in [9.17, 15) is 9.59 Å². The third-order valence-electron chi connectivity index (χ3n) is 1.44. The Morgan fingerprint density at radius 2 is 2.07 bits per heavy atom. The van der Waals surface area contributed by atoms with Crippen LogP contribution >= 0.6 is 11.6 Å². The molecule has 1 N–H and O–H groups in total. The Kier molecular flexibility index (Phi) is 3.09. The van der Waals surface area contributed by atoms with Gasteiger partial charge in [0.2, 0.25) is 0 Å². The number of carboxylic acid groups (broad SMARTS) is 1. The van der Waals surface area contributed by atoms with Crippen molar-refractivity contribution in [1.29, 1.82) is 0 Å². The fourth-order valence-electron chi connectivity index (χ4n) is 0.925. The Morgan fingerprint density at radius 1 is 1.43 bits per heavy atom. The van der Waals surface area contributed by atoms with E-state index in [-0.39, 0.29) is 16.3 Å². The maximum atomic E-state index is 10.7. The summed E-state index contributed by atoms with van der Waals surface area (Å²) in [5.41, 5.74) is -0.132. The van der Waals surface area contributed by atoms with E-state index in [4.69, 9.17) is 16.7 Å². The Morgan fingerprint density at radius 3 is 2.57 bits per heavy atom. The van der Waals surface area contributed by atoms with Crippen molar-refractivity contribution in [3.8, 4) is 5.75 Å². The number of hydrogen-bond donors (Lipinski definition) is 1. The van der Waals surface area contributed by atoms with Crippen LogP contribution in [0.15, 0.2) is 18.2 Å². The van der Waals surface area contributed by atoms with Crippen LogP contribution in [0.4, 0.5) is 0 Å². The van der Waals surface area contributed by atoms with Gasteiger partial charge in [-0.15, -0.1) is 0 Å². The molecule has 14 heavy (non-hydrogen) atoms. The van der Waals surface area contributed by atoms with Gasteiger partial charge in [0.15, 0.2) is 5.75 Å². The first kappa shape index (κ1) is 10.5. The zero-order valence-electron chi connectivity index (χ0n) is 7.28. The topological polar surface area (TPSA) is 63.6 Å². The molecule has 0 saturated carbocycles. The summed E-state index contributed by atoms with van der Waals surface area (Å²) in [6, 6.07) is 4.23. The summed E-state index contributed by atoms with van der Waals surface area (Å²) in [6.07, 6.45) is 0. The van der Waals surface area contributed by atoms with Crippen LogP contribution in [-0.2, 0) is 4.79 Å². The van der Waals surface area contributed by atoms with Gasteiger partial charge in [-0.05, 0) is 12.1 Å². The second kappa shape index (κ2) is 4.11. The van der Waals surface area contributed by atoms with Crippen molar-refractivity contribution in [3.63, 3.8) is 0 Å². The van der Waals surface area contributed by atoms with Crippen molar-refractivity contribution in [2.75, 3.05) is 0 Å². The number of para-hydroxylation sites is 1. The normalized spacial score (nSPS) is 9.57. The lowest BCUT2D eigenvalue weighted by Crippen LogP contribution is -2.07. The van der Waals surface area contributed by atoms with E-state index >= 15 is 0 Å². The summed E-state index contributed by atoms with van der Waals surface area (Å²) in [4.78, 5) is 21.4. The van der Waals surface area contributed by atoms with Gasteiger partial charge in [-0.3, -0.25) is 4.79 Å². The first-order valence-corrected chi connectivity index (χ1v) is 4.10. The number of rotatable bonds is 2. The predicted molar refractivity (Wildman–Crippen MR) is 49.7 cm³/mol. The molecule has 0 heterocycles. The molecule has 0 bridgehead atoms. The second-order valence-electron chi connectivity index (χ2n) is 2.52. The highest BCUT2D eigenvalue weighted by Gasteiger charge is 2.15. The van der Waals surface area contributed by atoms with E-state index in [1.807, 2.05) is 0 Å². The standard InChI is InChI=1S/C9H7ClO4/c1-5(11)14-8-6(9(12)13)3-2-4-7(8)10/h2-4H,1H3,(H,12,13). The first-order valence-electron chi connectivity index (χ1n) is 3.72. The van der Waals surface area contributed by atoms with Crippen molar-refractivity contribution in [2.24, 2.45) is 0 Å². The van der Waals surface area contributed by atoms with Crippen molar-refractivity contribution in [1.82, 2.24) is 0 Å². The average molecular weight is 215 g/mol. The molecule has 0 unspecified atom stereocenters. The average Bonchev–Trinajstić information content (AvgIpc) is 2.07. The lowest BCUT2D eigenvalue weighted by molar-refractivity contribution is -0.131. The SMILES string of the molecule is CC(=O)Oc1c(Cl)cccc1C(=O)O. The number of carboxylic acids is 1. The number of hydrogen-bond acceptors (Lipinski definition) is 3. The molecule has 1 rings (SSSR count). The molecule has 1 aromatic carbocycles. The van der Waals surface area contributed by atoms with Crippen LogP contribution in [0, 0.1) is 0 Å². The quantitative estimate of drug-likeness (QED) is 0.604. The van der Waals surface area contributed by atoms with Crippen LogP contribution in [0.3, 0.4) is 0 Å². The number of benzene rings is 1. The van der Waals surface area contributed by atoms with E-state index in [1.165, 1.54) is 25.1 Å². The van der Waals surface area contributed by atoms with Crippen LogP contribution < -0.4 is 4.74 Å². The molecule has 0 fully saturated rings. The fourth-order valence-corrected chi connectivity index (χ4v) is 1.14. The second-order valence-corrected chi connectivity index (χ2v) is 2.92. The van der Waals surface area contributed by atoms with Gasteiger partial charge < -0.3 is 9.84 Å². The maximum absolute atomic E-state index is 10.7. The van der Waals surface area contributed by atoms with Crippen LogP contribution in [0.1, 0.15) is 17.3 Å². The number of carbonyl (C=O) groups is 2. The summed E-state index contributed by atoms with van der Waals surface area (Å²) in [5.74, 6) is -1.92. The molecule has 0 aliphatic carbocycles. The molecule has 5 heteroatoms. The van der Waals surface area contributed by atoms with Gasteiger partial charge in [-0.2, -0.15) is 0 Å². The molecular weight excluding hydrogens is 208 g/mol. The van der Waals surface area contributed by atoms with Gasteiger partial charge in [0, 0.05) is 6.92 Å². The monoisotopic (exact) mass is 214 g/mol. The minimum absolute atomic E-state index is 0.0973. The summed E-state index contributed by atoms with van der Waals surface area (Å²) in [6.45, 7) is 1.18. The highest BCUT2D eigenvalue weighted by atomic mass is 35.5. The molecule has 74 valence electrons. The molecule has 0 radical (unpaired) electrons. The number of esters is 1. The van der Waals surface area contributed by atoms with E-state index in [1.54, 1.807) is 0 Å². The molecule has 0 saturated heterocycles. The van der Waals surface area contributed by atoms with Crippen molar-refractivity contribution < 1.29 is 19.4 Å². The molecular formula is C9H7ClO4. The Bertz CT molecular complexity index is 386. The molecule has 0 amide bonds. The molecule has 0 atom stereocenters. The largest absolute Gasteiger partial charge is 0.478 e.